The van der Waals surface area contributed by atoms with Gasteiger partial charge in [-0.15, -0.1) is 0 Å². The minimum Gasteiger partial charge on any atom is -0.282 e. The minimum absolute atomic E-state index is 0.0276. The van der Waals surface area contributed by atoms with Gasteiger partial charge in [-0.3, -0.25) is 4.84 Å². The monoisotopic (exact) mass is 283 g/mol. The van der Waals surface area contributed by atoms with Crippen molar-refractivity contribution in [2.24, 2.45) is 0 Å². The molecule has 1 heterocycles. The zero-order valence-electron chi connectivity index (χ0n) is 10.5. The van der Waals surface area contributed by atoms with Crippen molar-refractivity contribution in [3.63, 3.8) is 0 Å². The fourth-order valence-electron chi connectivity index (χ4n) is 1.59. The highest BCUT2D eigenvalue weighted by atomic mass is 35.5. The Bertz CT molecular complexity index is 538. The molecule has 0 radical (unpaired) electrons. The number of benzene rings is 1. The molecule has 18 heavy (non-hydrogen) atoms. The van der Waals surface area contributed by atoms with Gasteiger partial charge in [0.05, 0.1) is 11.4 Å². The molecular weight excluding hydrogens is 269 g/mol. The van der Waals surface area contributed by atoms with Crippen LogP contribution in [0, 0.1) is 0 Å². The Labute approximate surface area is 117 Å². The van der Waals surface area contributed by atoms with Gasteiger partial charge in [-0.05, 0) is 24.3 Å². The van der Waals surface area contributed by atoms with E-state index in [4.69, 9.17) is 23.4 Å². The van der Waals surface area contributed by atoms with Crippen LogP contribution in [0.2, 0.25) is 5.02 Å². The fourth-order valence-corrected chi connectivity index (χ4v) is 1.85. The van der Waals surface area contributed by atoms with Crippen LogP contribution in [0.3, 0.4) is 0 Å². The summed E-state index contributed by atoms with van der Waals surface area (Å²) in [5.41, 5.74) is 1.86. The van der Waals surface area contributed by atoms with E-state index >= 15 is 0 Å². The average molecular weight is 284 g/mol. The number of halogens is 2. The van der Waals surface area contributed by atoms with Gasteiger partial charge in [-0.1, -0.05) is 32.4 Å². The van der Waals surface area contributed by atoms with Crippen LogP contribution in [0.1, 0.15) is 26.5 Å². The van der Waals surface area contributed by atoms with E-state index in [0.29, 0.717) is 5.02 Å². The standard InChI is InChI=1S/C13H15Cl2N3/c1-13(2,3)11-8-12(16-15)18(17-11)10-6-4-9(14)5-7-10/h4-8,16H,1-3H3. The summed E-state index contributed by atoms with van der Waals surface area (Å²) in [6, 6.07) is 9.40. The fraction of sp³-hybridized carbons (Fsp3) is 0.308. The molecule has 0 aliphatic carbocycles. The maximum atomic E-state index is 5.88. The molecule has 0 aliphatic rings. The number of rotatable bonds is 2. The van der Waals surface area contributed by atoms with Gasteiger partial charge in [-0.25, -0.2) is 4.68 Å². The first-order valence-corrected chi connectivity index (χ1v) is 6.40. The van der Waals surface area contributed by atoms with Crippen molar-refractivity contribution < 1.29 is 0 Å². The molecule has 3 nitrogen and oxygen atoms in total. The molecule has 0 spiro atoms. The predicted octanol–water partition coefficient (Wildman–Crippen LogP) is 4.39. The van der Waals surface area contributed by atoms with E-state index in [2.05, 4.69) is 30.7 Å². The Kier molecular flexibility index (Phi) is 3.55. The third-order valence-electron chi connectivity index (χ3n) is 2.65. The second kappa shape index (κ2) is 4.82. The van der Waals surface area contributed by atoms with E-state index < -0.39 is 0 Å². The second-order valence-corrected chi connectivity index (χ2v) is 5.77. The summed E-state index contributed by atoms with van der Waals surface area (Å²) in [6.07, 6.45) is 0. The summed E-state index contributed by atoms with van der Waals surface area (Å²) >= 11 is 11.6. The highest BCUT2D eigenvalue weighted by Crippen LogP contribution is 2.26. The largest absolute Gasteiger partial charge is 0.282 e. The molecule has 0 bridgehead atoms. The van der Waals surface area contributed by atoms with Crippen LogP contribution >= 0.6 is 23.4 Å². The molecule has 1 N–H and O–H groups in total. The topological polar surface area (TPSA) is 29.9 Å². The van der Waals surface area contributed by atoms with Gasteiger partial charge in [0.1, 0.15) is 5.82 Å². The van der Waals surface area contributed by atoms with E-state index in [0.717, 1.165) is 17.2 Å². The lowest BCUT2D eigenvalue weighted by Gasteiger charge is -2.14. The lowest BCUT2D eigenvalue weighted by molar-refractivity contribution is 0.560. The van der Waals surface area contributed by atoms with E-state index in [1.165, 1.54) is 0 Å². The normalized spacial score (nSPS) is 11.6. The first kappa shape index (κ1) is 13.2. The van der Waals surface area contributed by atoms with Crippen molar-refractivity contribution in [1.82, 2.24) is 9.78 Å². The van der Waals surface area contributed by atoms with Crippen molar-refractivity contribution >= 4 is 29.2 Å². The first-order chi connectivity index (χ1) is 8.41. The van der Waals surface area contributed by atoms with Gasteiger partial charge in [0.2, 0.25) is 0 Å². The summed E-state index contributed by atoms with van der Waals surface area (Å²) in [5.74, 6) is 0.740. The van der Waals surface area contributed by atoms with Crippen LogP contribution in [-0.4, -0.2) is 9.78 Å². The van der Waals surface area contributed by atoms with E-state index in [1.807, 2.05) is 30.3 Å². The SMILES string of the molecule is CC(C)(C)c1cc(NCl)n(-c2ccc(Cl)cc2)n1. The second-order valence-electron chi connectivity index (χ2n) is 5.15. The number of hydrogen-bond acceptors (Lipinski definition) is 2. The summed E-state index contributed by atoms with van der Waals surface area (Å²) in [6.45, 7) is 6.33. The highest BCUT2D eigenvalue weighted by molar-refractivity contribution is 6.30. The van der Waals surface area contributed by atoms with E-state index in [9.17, 15) is 0 Å². The third-order valence-corrected chi connectivity index (χ3v) is 3.09. The van der Waals surface area contributed by atoms with E-state index in [-0.39, 0.29) is 5.41 Å². The molecule has 0 amide bonds. The van der Waals surface area contributed by atoms with Gasteiger partial charge in [-0.2, -0.15) is 5.10 Å². The Hall–Kier alpha value is -1.19. The number of nitrogens with one attached hydrogen (secondary N) is 1. The number of aromatic nitrogens is 2. The maximum absolute atomic E-state index is 5.88. The molecule has 1 aromatic carbocycles. The van der Waals surface area contributed by atoms with Crippen LogP contribution < -0.4 is 4.84 Å². The maximum Gasteiger partial charge on any atom is 0.144 e. The number of hydrogen-bond donors (Lipinski definition) is 1. The summed E-state index contributed by atoms with van der Waals surface area (Å²) in [7, 11) is 0. The van der Waals surface area contributed by atoms with Crippen LogP contribution in [0.15, 0.2) is 30.3 Å². The van der Waals surface area contributed by atoms with Gasteiger partial charge in [0.25, 0.3) is 0 Å². The Morgan fingerprint density at radius 1 is 1.17 bits per heavy atom. The Balaban J connectivity index is 2.50. The van der Waals surface area contributed by atoms with Gasteiger partial charge in [0.15, 0.2) is 0 Å². The van der Waals surface area contributed by atoms with Crippen molar-refractivity contribution in [2.45, 2.75) is 26.2 Å². The minimum atomic E-state index is -0.0276. The molecule has 2 aromatic rings. The van der Waals surface area contributed by atoms with Crippen molar-refractivity contribution in [1.29, 1.82) is 0 Å². The van der Waals surface area contributed by atoms with Crippen LogP contribution in [0.4, 0.5) is 5.82 Å². The number of nitrogens with zero attached hydrogens (tertiary/aromatic N) is 2. The van der Waals surface area contributed by atoms with Crippen LogP contribution in [0.5, 0.6) is 0 Å². The van der Waals surface area contributed by atoms with Crippen molar-refractivity contribution in [3.8, 4) is 5.69 Å². The quantitative estimate of drug-likeness (QED) is 0.829. The van der Waals surface area contributed by atoms with Gasteiger partial charge >= 0.3 is 0 Å². The average Bonchev–Trinajstić information content (AvgIpc) is 2.73. The van der Waals surface area contributed by atoms with Gasteiger partial charge in [0, 0.05) is 28.3 Å². The molecule has 0 saturated heterocycles. The highest BCUT2D eigenvalue weighted by Gasteiger charge is 2.20. The smallest absolute Gasteiger partial charge is 0.144 e. The van der Waals surface area contributed by atoms with Crippen molar-refractivity contribution in [3.05, 3.63) is 41.0 Å². The first-order valence-electron chi connectivity index (χ1n) is 5.65. The Morgan fingerprint density at radius 2 is 1.78 bits per heavy atom. The van der Waals surface area contributed by atoms with E-state index in [1.54, 1.807) is 4.68 Å². The summed E-state index contributed by atoms with van der Waals surface area (Å²) in [4.78, 5) is 2.64. The molecule has 2 rings (SSSR count). The lowest BCUT2D eigenvalue weighted by atomic mass is 9.92. The molecular formula is C13H15Cl2N3. The zero-order valence-corrected chi connectivity index (χ0v) is 12.0. The molecule has 0 fully saturated rings. The lowest BCUT2D eigenvalue weighted by Crippen LogP contribution is -2.12. The Morgan fingerprint density at radius 3 is 2.28 bits per heavy atom. The van der Waals surface area contributed by atoms with Crippen LogP contribution in [0.25, 0.3) is 5.69 Å². The molecule has 5 heteroatoms. The third kappa shape index (κ3) is 2.62. The summed E-state index contributed by atoms with van der Waals surface area (Å²) < 4.78 is 1.77. The number of anilines is 1. The molecule has 0 aliphatic heterocycles. The summed E-state index contributed by atoms with van der Waals surface area (Å²) in [5, 5.41) is 5.28. The molecule has 0 atom stereocenters. The van der Waals surface area contributed by atoms with Gasteiger partial charge < -0.3 is 0 Å². The predicted molar refractivity (Wildman–Crippen MR) is 76.7 cm³/mol. The molecule has 1 aromatic heterocycles. The molecule has 0 saturated carbocycles. The molecule has 0 unspecified atom stereocenters. The van der Waals surface area contributed by atoms with Crippen LogP contribution in [-0.2, 0) is 5.41 Å². The zero-order chi connectivity index (χ0) is 13.3. The molecule has 96 valence electrons. The van der Waals surface area contributed by atoms with Crippen molar-refractivity contribution in [2.75, 3.05) is 4.84 Å².